The first kappa shape index (κ1) is 12.0. The maximum atomic E-state index is 12.4. The Kier molecular flexibility index (Phi) is 3.09. The number of carbonyl (C=O) groups excluding carboxylic acids is 1. The quantitative estimate of drug-likeness (QED) is 0.786. The maximum absolute atomic E-state index is 12.4. The van der Waals surface area contributed by atoms with E-state index in [1.165, 1.54) is 0 Å². The van der Waals surface area contributed by atoms with Crippen molar-refractivity contribution in [2.75, 3.05) is 13.7 Å². The number of rotatable bonds is 2. The van der Waals surface area contributed by atoms with Gasteiger partial charge in [0, 0.05) is 10.5 Å². The smallest absolute Gasteiger partial charge is 0.196 e. The Balaban J connectivity index is 1.99. The predicted octanol–water partition coefficient (Wildman–Crippen LogP) is 3.42. The fourth-order valence-corrected chi connectivity index (χ4v) is 2.67. The van der Waals surface area contributed by atoms with Crippen molar-refractivity contribution in [1.29, 1.82) is 0 Å². The third kappa shape index (κ3) is 2.27. The van der Waals surface area contributed by atoms with Gasteiger partial charge < -0.3 is 9.47 Å². The van der Waals surface area contributed by atoms with Crippen molar-refractivity contribution in [3.63, 3.8) is 0 Å². The van der Waals surface area contributed by atoms with Crippen LogP contribution in [0.4, 0.5) is 0 Å². The van der Waals surface area contributed by atoms with Crippen LogP contribution in [0.3, 0.4) is 0 Å². The SMILES string of the molecule is COc1ccc2c(c1)C(=O)/C(=C/c1cccs1)CO2. The molecule has 0 unspecified atom stereocenters. The molecule has 1 aliphatic rings. The minimum absolute atomic E-state index is 0.00792. The number of ketones is 1. The van der Waals surface area contributed by atoms with E-state index in [2.05, 4.69) is 0 Å². The Morgan fingerprint density at radius 1 is 1.37 bits per heavy atom. The first-order valence-electron chi connectivity index (χ1n) is 5.87. The number of ether oxygens (including phenoxy) is 2. The molecule has 0 radical (unpaired) electrons. The molecule has 2 heterocycles. The van der Waals surface area contributed by atoms with Crippen molar-refractivity contribution in [3.8, 4) is 11.5 Å². The summed E-state index contributed by atoms with van der Waals surface area (Å²) in [7, 11) is 1.58. The molecule has 0 spiro atoms. The summed E-state index contributed by atoms with van der Waals surface area (Å²) in [6.07, 6.45) is 1.88. The Labute approximate surface area is 115 Å². The number of hydrogen-bond donors (Lipinski definition) is 0. The van der Waals surface area contributed by atoms with E-state index in [-0.39, 0.29) is 5.78 Å². The van der Waals surface area contributed by atoms with Crippen LogP contribution in [0.25, 0.3) is 6.08 Å². The van der Waals surface area contributed by atoms with E-state index >= 15 is 0 Å². The fourth-order valence-electron chi connectivity index (χ4n) is 1.99. The molecule has 3 nitrogen and oxygen atoms in total. The van der Waals surface area contributed by atoms with E-state index in [1.807, 2.05) is 23.6 Å². The molecule has 0 amide bonds. The average molecular weight is 272 g/mol. The van der Waals surface area contributed by atoms with Gasteiger partial charge >= 0.3 is 0 Å². The van der Waals surface area contributed by atoms with Crippen LogP contribution in [0.2, 0.25) is 0 Å². The topological polar surface area (TPSA) is 35.5 Å². The standard InChI is InChI=1S/C15H12O3S/c1-17-11-4-5-14-13(8-11)15(16)10(9-18-14)7-12-3-2-6-19-12/h2-8H,9H2,1H3/b10-7+. The molecule has 0 N–H and O–H groups in total. The summed E-state index contributed by atoms with van der Waals surface area (Å²) in [6, 6.07) is 9.22. The minimum atomic E-state index is 0.00792. The lowest BCUT2D eigenvalue weighted by Crippen LogP contribution is -2.18. The average Bonchev–Trinajstić information content (AvgIpc) is 2.95. The molecule has 0 bridgehead atoms. The van der Waals surface area contributed by atoms with Gasteiger partial charge in [-0.05, 0) is 35.7 Å². The van der Waals surface area contributed by atoms with Gasteiger partial charge in [-0.25, -0.2) is 0 Å². The molecule has 0 atom stereocenters. The third-order valence-corrected chi connectivity index (χ3v) is 3.79. The number of carbonyl (C=O) groups is 1. The highest BCUT2D eigenvalue weighted by Crippen LogP contribution is 2.31. The predicted molar refractivity (Wildman–Crippen MR) is 75.1 cm³/mol. The normalized spacial score (nSPS) is 16.1. The Hall–Kier alpha value is -2.07. The maximum Gasteiger partial charge on any atom is 0.196 e. The van der Waals surface area contributed by atoms with E-state index in [9.17, 15) is 4.79 Å². The van der Waals surface area contributed by atoms with Gasteiger partial charge in [0.1, 0.15) is 18.1 Å². The van der Waals surface area contributed by atoms with Crippen LogP contribution in [0.1, 0.15) is 15.2 Å². The second-order valence-electron chi connectivity index (χ2n) is 4.16. The summed E-state index contributed by atoms with van der Waals surface area (Å²) >= 11 is 1.60. The molecule has 19 heavy (non-hydrogen) atoms. The van der Waals surface area contributed by atoms with E-state index in [0.29, 0.717) is 29.2 Å². The van der Waals surface area contributed by atoms with Crippen LogP contribution in [-0.2, 0) is 0 Å². The zero-order valence-corrected chi connectivity index (χ0v) is 11.2. The fraction of sp³-hybridized carbons (Fsp3) is 0.133. The van der Waals surface area contributed by atoms with Gasteiger partial charge in [-0.15, -0.1) is 11.3 Å². The highest BCUT2D eigenvalue weighted by atomic mass is 32.1. The summed E-state index contributed by atoms with van der Waals surface area (Å²) in [5.74, 6) is 1.29. The Morgan fingerprint density at radius 2 is 2.26 bits per heavy atom. The van der Waals surface area contributed by atoms with E-state index < -0.39 is 0 Å². The summed E-state index contributed by atoms with van der Waals surface area (Å²) in [5.41, 5.74) is 1.23. The monoisotopic (exact) mass is 272 g/mol. The highest BCUT2D eigenvalue weighted by molar-refractivity contribution is 7.10. The number of thiophene rings is 1. The van der Waals surface area contributed by atoms with Crippen molar-refractivity contribution in [2.24, 2.45) is 0 Å². The van der Waals surface area contributed by atoms with Gasteiger partial charge in [-0.3, -0.25) is 4.79 Å². The summed E-state index contributed by atoms with van der Waals surface area (Å²) < 4.78 is 10.8. The number of methoxy groups -OCH3 is 1. The summed E-state index contributed by atoms with van der Waals surface area (Å²) in [4.78, 5) is 13.5. The summed E-state index contributed by atoms with van der Waals surface area (Å²) in [6.45, 7) is 0.316. The molecule has 3 rings (SSSR count). The zero-order valence-electron chi connectivity index (χ0n) is 10.4. The minimum Gasteiger partial charge on any atom is -0.497 e. The van der Waals surface area contributed by atoms with Crippen LogP contribution >= 0.6 is 11.3 Å². The summed E-state index contributed by atoms with van der Waals surface area (Å²) in [5, 5.41) is 1.98. The third-order valence-electron chi connectivity index (χ3n) is 2.97. The van der Waals surface area contributed by atoms with Crippen LogP contribution in [0, 0.1) is 0 Å². The van der Waals surface area contributed by atoms with Crippen LogP contribution in [0.15, 0.2) is 41.3 Å². The van der Waals surface area contributed by atoms with Gasteiger partial charge in [0.05, 0.1) is 12.7 Å². The van der Waals surface area contributed by atoms with Crippen LogP contribution in [-0.4, -0.2) is 19.5 Å². The van der Waals surface area contributed by atoms with Crippen molar-refractivity contribution < 1.29 is 14.3 Å². The zero-order chi connectivity index (χ0) is 13.2. The second kappa shape index (κ2) is 4.90. The molecule has 1 aliphatic heterocycles. The molecule has 0 saturated heterocycles. The van der Waals surface area contributed by atoms with Gasteiger partial charge in [0.2, 0.25) is 0 Å². The number of Topliss-reactive ketones (excluding diaryl/α,β-unsaturated/α-hetero) is 1. The molecule has 0 fully saturated rings. The molecule has 1 aromatic heterocycles. The number of benzene rings is 1. The second-order valence-corrected chi connectivity index (χ2v) is 5.14. The van der Waals surface area contributed by atoms with Gasteiger partial charge in [-0.2, -0.15) is 0 Å². The van der Waals surface area contributed by atoms with Gasteiger partial charge in [0.25, 0.3) is 0 Å². The lowest BCUT2D eigenvalue weighted by Gasteiger charge is -2.19. The Bertz CT molecular complexity index is 641. The molecule has 1 aromatic carbocycles. The molecular formula is C15H12O3S. The van der Waals surface area contributed by atoms with E-state index in [4.69, 9.17) is 9.47 Å². The molecule has 0 saturated carbocycles. The van der Waals surface area contributed by atoms with Crippen molar-refractivity contribution >= 4 is 23.2 Å². The van der Waals surface area contributed by atoms with Crippen LogP contribution in [0.5, 0.6) is 11.5 Å². The molecule has 0 aliphatic carbocycles. The van der Waals surface area contributed by atoms with Gasteiger partial charge in [0.15, 0.2) is 5.78 Å². The van der Waals surface area contributed by atoms with E-state index in [1.54, 1.807) is 36.6 Å². The first-order chi connectivity index (χ1) is 9.28. The molecular weight excluding hydrogens is 260 g/mol. The molecule has 4 heteroatoms. The number of hydrogen-bond acceptors (Lipinski definition) is 4. The van der Waals surface area contributed by atoms with Crippen molar-refractivity contribution in [2.45, 2.75) is 0 Å². The van der Waals surface area contributed by atoms with Crippen molar-refractivity contribution in [3.05, 3.63) is 51.7 Å². The van der Waals surface area contributed by atoms with Crippen LogP contribution < -0.4 is 9.47 Å². The molecule has 2 aromatic rings. The lowest BCUT2D eigenvalue weighted by atomic mass is 9.99. The Morgan fingerprint density at radius 3 is 3.00 bits per heavy atom. The van der Waals surface area contributed by atoms with Gasteiger partial charge in [-0.1, -0.05) is 6.07 Å². The number of fused-ring (bicyclic) bond motifs is 1. The highest BCUT2D eigenvalue weighted by Gasteiger charge is 2.23. The largest absolute Gasteiger partial charge is 0.497 e. The molecule has 96 valence electrons. The lowest BCUT2D eigenvalue weighted by molar-refractivity contribution is 0.100. The van der Waals surface area contributed by atoms with Crippen molar-refractivity contribution in [1.82, 2.24) is 0 Å². The van der Waals surface area contributed by atoms with E-state index in [0.717, 1.165) is 4.88 Å². The first-order valence-corrected chi connectivity index (χ1v) is 6.75.